The van der Waals surface area contributed by atoms with Gasteiger partial charge in [0.25, 0.3) is 5.91 Å². The molecule has 5 heteroatoms. The lowest BCUT2D eigenvalue weighted by molar-refractivity contribution is 0.0677. The summed E-state index contributed by atoms with van der Waals surface area (Å²) in [5.41, 5.74) is 3.46. The Hall–Kier alpha value is -2.43. The average Bonchev–Trinajstić information content (AvgIpc) is 2.61. The number of hydrogen-bond donors (Lipinski definition) is 1. The second-order valence-electron chi connectivity index (χ2n) is 6.89. The van der Waals surface area contributed by atoms with Crippen molar-refractivity contribution in [1.29, 1.82) is 0 Å². The van der Waals surface area contributed by atoms with Crippen LogP contribution in [0.4, 0.5) is 11.6 Å². The third-order valence-corrected chi connectivity index (χ3v) is 4.64. The normalized spacial score (nSPS) is 17.4. The first-order valence-electron chi connectivity index (χ1n) is 9.06. The first-order chi connectivity index (χ1) is 12.0. The quantitative estimate of drug-likeness (QED) is 0.916. The van der Waals surface area contributed by atoms with E-state index in [2.05, 4.69) is 41.3 Å². The van der Waals surface area contributed by atoms with Gasteiger partial charge in [-0.2, -0.15) is 0 Å². The summed E-state index contributed by atoms with van der Waals surface area (Å²) >= 11 is 0. The fraction of sp³-hybridized carbons (Fsp3) is 0.450. The Balaban J connectivity index is 1.78. The summed E-state index contributed by atoms with van der Waals surface area (Å²) in [7, 11) is 0. The molecule has 1 N–H and O–H groups in total. The van der Waals surface area contributed by atoms with Crippen LogP contribution in [-0.4, -0.2) is 33.9 Å². The molecule has 25 heavy (non-hydrogen) atoms. The summed E-state index contributed by atoms with van der Waals surface area (Å²) in [5, 5.41) is 3.21. The molecule has 1 amide bonds. The minimum atomic E-state index is 0.00132. The third kappa shape index (κ3) is 4.35. The highest BCUT2D eigenvalue weighted by Crippen LogP contribution is 2.19. The SMILES string of the molecule is CCc1ccc(Nc2nc(C)cc(C(=O)N3CCCC(C)C3)n2)cc1. The monoisotopic (exact) mass is 338 g/mol. The molecule has 2 heterocycles. The summed E-state index contributed by atoms with van der Waals surface area (Å²) in [4.78, 5) is 23.6. The van der Waals surface area contributed by atoms with E-state index >= 15 is 0 Å². The molecule has 2 aromatic rings. The maximum absolute atomic E-state index is 12.8. The van der Waals surface area contributed by atoms with Crippen LogP contribution >= 0.6 is 0 Å². The van der Waals surface area contributed by atoms with Crippen molar-refractivity contribution in [3.63, 3.8) is 0 Å². The third-order valence-electron chi connectivity index (χ3n) is 4.64. The Kier molecular flexibility index (Phi) is 5.31. The highest BCUT2D eigenvalue weighted by molar-refractivity contribution is 5.92. The van der Waals surface area contributed by atoms with Crippen LogP contribution in [-0.2, 0) is 6.42 Å². The van der Waals surface area contributed by atoms with E-state index in [4.69, 9.17) is 0 Å². The summed E-state index contributed by atoms with van der Waals surface area (Å²) in [5.74, 6) is 1.02. The van der Waals surface area contributed by atoms with Gasteiger partial charge in [0.2, 0.25) is 5.95 Å². The number of hydrogen-bond acceptors (Lipinski definition) is 4. The molecule has 1 fully saturated rings. The van der Waals surface area contributed by atoms with Crippen LogP contribution in [0.1, 0.15) is 48.4 Å². The summed E-state index contributed by atoms with van der Waals surface area (Å²) < 4.78 is 0. The molecule has 5 nitrogen and oxygen atoms in total. The van der Waals surface area contributed by atoms with Gasteiger partial charge in [-0.15, -0.1) is 0 Å². The Morgan fingerprint density at radius 2 is 2.04 bits per heavy atom. The van der Waals surface area contributed by atoms with Gasteiger partial charge in [-0.3, -0.25) is 4.79 Å². The van der Waals surface area contributed by atoms with E-state index in [0.717, 1.165) is 37.3 Å². The van der Waals surface area contributed by atoms with Gasteiger partial charge in [-0.25, -0.2) is 9.97 Å². The molecule has 0 bridgehead atoms. The van der Waals surface area contributed by atoms with Crippen molar-refractivity contribution < 1.29 is 4.79 Å². The van der Waals surface area contributed by atoms with Gasteiger partial charge < -0.3 is 10.2 Å². The van der Waals surface area contributed by atoms with E-state index in [-0.39, 0.29) is 5.91 Å². The molecule has 0 radical (unpaired) electrons. The van der Waals surface area contributed by atoms with Crippen molar-refractivity contribution in [3.8, 4) is 0 Å². The lowest BCUT2D eigenvalue weighted by Gasteiger charge is -2.30. The zero-order chi connectivity index (χ0) is 17.8. The minimum absolute atomic E-state index is 0.00132. The fourth-order valence-corrected chi connectivity index (χ4v) is 3.22. The van der Waals surface area contributed by atoms with E-state index in [1.807, 2.05) is 24.0 Å². The first kappa shape index (κ1) is 17.4. The number of nitrogens with zero attached hydrogens (tertiary/aromatic N) is 3. The molecule has 1 unspecified atom stereocenters. The molecule has 0 saturated carbocycles. The second kappa shape index (κ2) is 7.64. The van der Waals surface area contributed by atoms with Crippen LogP contribution < -0.4 is 5.32 Å². The molecule has 1 aromatic carbocycles. The first-order valence-corrected chi connectivity index (χ1v) is 9.06. The van der Waals surface area contributed by atoms with Crippen molar-refractivity contribution in [3.05, 3.63) is 47.3 Å². The Labute approximate surface area is 149 Å². The zero-order valence-corrected chi connectivity index (χ0v) is 15.2. The number of amides is 1. The van der Waals surface area contributed by atoms with E-state index in [9.17, 15) is 4.79 Å². The maximum atomic E-state index is 12.8. The Morgan fingerprint density at radius 3 is 2.72 bits per heavy atom. The molecule has 1 aromatic heterocycles. The lowest BCUT2D eigenvalue weighted by Crippen LogP contribution is -2.39. The van der Waals surface area contributed by atoms with Gasteiger partial charge in [0.15, 0.2) is 0 Å². The van der Waals surface area contributed by atoms with E-state index in [0.29, 0.717) is 17.6 Å². The van der Waals surface area contributed by atoms with Crippen LogP contribution in [0.15, 0.2) is 30.3 Å². The number of anilines is 2. The number of piperidine rings is 1. The van der Waals surface area contributed by atoms with E-state index in [1.165, 1.54) is 12.0 Å². The standard InChI is InChI=1S/C20H26N4O/c1-4-16-7-9-17(10-8-16)22-20-21-15(3)12-18(23-20)19(25)24-11-5-6-14(2)13-24/h7-10,12,14H,4-6,11,13H2,1-3H3,(H,21,22,23). The summed E-state index contributed by atoms with van der Waals surface area (Å²) in [6.45, 7) is 7.84. The predicted octanol–water partition coefficient (Wildman–Crippen LogP) is 3.96. The molecule has 132 valence electrons. The van der Waals surface area contributed by atoms with Crippen molar-refractivity contribution in [2.75, 3.05) is 18.4 Å². The smallest absolute Gasteiger partial charge is 0.272 e. The molecule has 1 aliphatic heterocycles. The zero-order valence-electron chi connectivity index (χ0n) is 15.2. The van der Waals surface area contributed by atoms with Crippen LogP contribution in [0.3, 0.4) is 0 Å². The average molecular weight is 338 g/mol. The van der Waals surface area contributed by atoms with E-state index in [1.54, 1.807) is 6.07 Å². The van der Waals surface area contributed by atoms with Gasteiger partial charge in [0.05, 0.1) is 0 Å². The Morgan fingerprint density at radius 1 is 1.28 bits per heavy atom. The number of rotatable bonds is 4. The minimum Gasteiger partial charge on any atom is -0.337 e. The molecule has 1 saturated heterocycles. The number of aromatic nitrogens is 2. The summed E-state index contributed by atoms with van der Waals surface area (Å²) in [6, 6.07) is 9.96. The van der Waals surface area contributed by atoms with Crippen LogP contribution in [0.5, 0.6) is 0 Å². The number of carbonyl (C=O) groups excluding carboxylic acids is 1. The number of likely N-dealkylation sites (tertiary alicyclic amines) is 1. The maximum Gasteiger partial charge on any atom is 0.272 e. The van der Waals surface area contributed by atoms with Gasteiger partial charge >= 0.3 is 0 Å². The lowest BCUT2D eigenvalue weighted by atomic mass is 10.00. The summed E-state index contributed by atoms with van der Waals surface area (Å²) in [6.07, 6.45) is 3.26. The molecular formula is C20H26N4O. The molecule has 1 aliphatic rings. The Bertz CT molecular complexity index is 742. The topological polar surface area (TPSA) is 58.1 Å². The molecular weight excluding hydrogens is 312 g/mol. The molecule has 0 aliphatic carbocycles. The predicted molar refractivity (Wildman–Crippen MR) is 100 cm³/mol. The highest BCUT2D eigenvalue weighted by Gasteiger charge is 2.23. The second-order valence-corrected chi connectivity index (χ2v) is 6.89. The van der Waals surface area contributed by atoms with Crippen LogP contribution in [0.25, 0.3) is 0 Å². The number of benzene rings is 1. The number of aryl methyl sites for hydroxylation is 2. The van der Waals surface area contributed by atoms with Crippen LogP contribution in [0.2, 0.25) is 0 Å². The largest absolute Gasteiger partial charge is 0.337 e. The van der Waals surface area contributed by atoms with Crippen LogP contribution in [0, 0.1) is 12.8 Å². The van der Waals surface area contributed by atoms with Crippen molar-refractivity contribution in [2.24, 2.45) is 5.92 Å². The fourth-order valence-electron chi connectivity index (χ4n) is 3.22. The molecule has 3 rings (SSSR count). The van der Waals surface area contributed by atoms with Gasteiger partial charge in [0, 0.05) is 24.5 Å². The molecule has 0 spiro atoms. The van der Waals surface area contributed by atoms with Crippen molar-refractivity contribution >= 4 is 17.5 Å². The van der Waals surface area contributed by atoms with Gasteiger partial charge in [0.1, 0.15) is 5.69 Å². The highest BCUT2D eigenvalue weighted by atomic mass is 16.2. The molecule has 1 atom stereocenters. The van der Waals surface area contributed by atoms with Gasteiger partial charge in [-0.1, -0.05) is 26.0 Å². The van der Waals surface area contributed by atoms with Crippen molar-refractivity contribution in [2.45, 2.75) is 40.0 Å². The van der Waals surface area contributed by atoms with Crippen molar-refractivity contribution in [1.82, 2.24) is 14.9 Å². The van der Waals surface area contributed by atoms with Gasteiger partial charge in [-0.05, 0) is 55.9 Å². The van der Waals surface area contributed by atoms with E-state index < -0.39 is 0 Å². The number of nitrogens with one attached hydrogen (secondary N) is 1. The number of carbonyl (C=O) groups is 1.